The van der Waals surface area contributed by atoms with E-state index in [2.05, 4.69) is 28.9 Å². The van der Waals surface area contributed by atoms with Crippen molar-refractivity contribution in [3.63, 3.8) is 0 Å². The molecule has 2 unspecified atom stereocenters. The van der Waals surface area contributed by atoms with E-state index < -0.39 is 11.8 Å². The monoisotopic (exact) mass is 528 g/mol. The summed E-state index contributed by atoms with van der Waals surface area (Å²) in [6.07, 6.45) is 3.84. The quantitative estimate of drug-likeness (QED) is 0.403. The molecule has 2 aromatic rings. The first kappa shape index (κ1) is 24.9. The Balaban J connectivity index is 2.23. The molecule has 2 aromatic carbocycles. The molecule has 33 heavy (non-hydrogen) atoms. The van der Waals surface area contributed by atoms with Crippen LogP contribution in [0.4, 0.5) is 0 Å². The molecule has 0 bridgehead atoms. The van der Waals surface area contributed by atoms with Gasteiger partial charge in [0, 0.05) is 22.1 Å². The molecule has 1 aliphatic heterocycles. The number of unbranched alkanes of at least 4 members (excludes halogenated alkanes) is 1. The number of rotatable bonds is 7. The van der Waals surface area contributed by atoms with Gasteiger partial charge < -0.3 is 14.2 Å². The van der Waals surface area contributed by atoms with Gasteiger partial charge in [-0.25, -0.2) is 0 Å². The van der Waals surface area contributed by atoms with Crippen molar-refractivity contribution >= 4 is 44.2 Å². The molecule has 0 radical (unpaired) electrons. The van der Waals surface area contributed by atoms with Gasteiger partial charge >= 0.3 is 0 Å². The molecule has 172 valence electrons. The summed E-state index contributed by atoms with van der Waals surface area (Å²) < 4.78 is 17.6. The van der Waals surface area contributed by atoms with Crippen molar-refractivity contribution in [2.75, 3.05) is 14.2 Å². The molecule has 0 aliphatic carbocycles. The molecular formula is C26H26BrClN2O3. The molecule has 5 nitrogen and oxygen atoms in total. The summed E-state index contributed by atoms with van der Waals surface area (Å²) in [6.45, 7) is 4.03. The molecule has 1 aliphatic rings. The lowest BCUT2D eigenvalue weighted by Gasteiger charge is -2.32. The van der Waals surface area contributed by atoms with Crippen molar-refractivity contribution < 1.29 is 14.2 Å². The van der Waals surface area contributed by atoms with Crippen molar-refractivity contribution in [1.82, 2.24) is 0 Å². The lowest BCUT2D eigenvalue weighted by Crippen LogP contribution is -2.29. The molecule has 0 spiro atoms. The summed E-state index contributed by atoms with van der Waals surface area (Å²) in [5, 5.41) is 19.1. The lowest BCUT2D eigenvalue weighted by atomic mass is 9.78. The fourth-order valence-electron chi connectivity index (χ4n) is 4.03. The van der Waals surface area contributed by atoms with Crippen molar-refractivity contribution in [3.8, 4) is 17.6 Å². The second kappa shape index (κ2) is 10.9. The maximum Gasteiger partial charge on any atom is 0.205 e. The third kappa shape index (κ3) is 4.95. The molecular weight excluding hydrogens is 504 g/mol. The van der Waals surface area contributed by atoms with Crippen LogP contribution in [0.5, 0.6) is 11.5 Å². The van der Waals surface area contributed by atoms with Gasteiger partial charge in [0.2, 0.25) is 5.90 Å². The van der Waals surface area contributed by atoms with Gasteiger partial charge in [0.25, 0.3) is 0 Å². The molecule has 1 heterocycles. The molecule has 7 heteroatoms. The highest BCUT2D eigenvalue weighted by Gasteiger charge is 2.38. The normalized spacial score (nSPS) is 18.6. The van der Waals surface area contributed by atoms with Crippen LogP contribution < -0.4 is 9.47 Å². The van der Waals surface area contributed by atoms with Gasteiger partial charge in [-0.2, -0.15) is 5.26 Å². The third-order valence-electron chi connectivity index (χ3n) is 5.65. The standard InChI is InChI=1S/C26H26BrClN2O3/c1-5-6-11-21(28)17-9-7-8-10-18(17)24-15(2)23(19(14-29)26(30)33-24)16-12-20(27)25(32-4)22(13-16)31-3/h7-13,19,23,30H,5-6H2,1-4H3. The van der Waals surface area contributed by atoms with Crippen LogP contribution in [0.3, 0.4) is 0 Å². The zero-order chi connectivity index (χ0) is 24.1. The molecule has 3 rings (SSSR count). The van der Waals surface area contributed by atoms with Gasteiger partial charge in [-0.05, 0) is 52.5 Å². The average molecular weight is 530 g/mol. The van der Waals surface area contributed by atoms with E-state index in [1.807, 2.05) is 49.4 Å². The minimum absolute atomic E-state index is 0.0996. The Morgan fingerprint density at radius 3 is 2.64 bits per heavy atom. The average Bonchev–Trinajstić information content (AvgIpc) is 2.82. The smallest absolute Gasteiger partial charge is 0.205 e. The fourth-order valence-corrected chi connectivity index (χ4v) is 4.92. The predicted octanol–water partition coefficient (Wildman–Crippen LogP) is 7.51. The molecule has 0 aromatic heterocycles. The maximum absolute atomic E-state index is 9.91. The van der Waals surface area contributed by atoms with Crippen LogP contribution in [0.15, 0.2) is 52.5 Å². The van der Waals surface area contributed by atoms with Crippen LogP contribution in [0.2, 0.25) is 0 Å². The maximum atomic E-state index is 9.91. The number of hydrogen-bond acceptors (Lipinski definition) is 5. The van der Waals surface area contributed by atoms with Gasteiger partial charge in [-0.3, -0.25) is 5.41 Å². The van der Waals surface area contributed by atoms with Gasteiger partial charge in [0.05, 0.1) is 24.8 Å². The number of hydrogen-bond donors (Lipinski definition) is 1. The SMILES string of the molecule is CCCC=C(Cl)c1ccccc1C1=C(C)C(c2cc(Br)c(OC)c(OC)c2)C(C#N)C(=N)O1. The minimum atomic E-state index is -0.781. The van der Waals surface area contributed by atoms with Crippen LogP contribution in [0.1, 0.15) is 49.3 Å². The topological polar surface area (TPSA) is 75.3 Å². The number of benzene rings is 2. The first-order valence-corrected chi connectivity index (χ1v) is 11.8. The molecule has 0 saturated heterocycles. The van der Waals surface area contributed by atoms with Gasteiger partial charge in [-0.15, -0.1) is 0 Å². The Morgan fingerprint density at radius 2 is 2.00 bits per heavy atom. The number of methoxy groups -OCH3 is 2. The molecule has 0 amide bonds. The third-order valence-corrected chi connectivity index (χ3v) is 6.59. The van der Waals surface area contributed by atoms with Crippen molar-refractivity contribution in [3.05, 3.63) is 69.2 Å². The van der Waals surface area contributed by atoms with E-state index in [-0.39, 0.29) is 5.90 Å². The number of nitrogens with zero attached hydrogens (tertiary/aromatic N) is 1. The summed E-state index contributed by atoms with van der Waals surface area (Å²) in [6, 6.07) is 13.7. The Bertz CT molecular complexity index is 1170. The van der Waals surface area contributed by atoms with E-state index in [9.17, 15) is 5.26 Å². The number of halogens is 2. The lowest BCUT2D eigenvalue weighted by molar-refractivity contribution is 0.352. The van der Waals surface area contributed by atoms with Crippen molar-refractivity contribution in [1.29, 1.82) is 10.7 Å². The summed E-state index contributed by atoms with van der Waals surface area (Å²) >= 11 is 10.2. The molecule has 0 saturated carbocycles. The Morgan fingerprint density at radius 1 is 1.27 bits per heavy atom. The number of allylic oxidation sites excluding steroid dienone is 2. The largest absolute Gasteiger partial charge is 0.493 e. The summed E-state index contributed by atoms with van der Waals surface area (Å²) in [4.78, 5) is 0. The Labute approximate surface area is 208 Å². The van der Waals surface area contributed by atoms with E-state index >= 15 is 0 Å². The van der Waals surface area contributed by atoms with Crippen LogP contribution in [0.25, 0.3) is 10.8 Å². The van der Waals surface area contributed by atoms with E-state index in [1.54, 1.807) is 14.2 Å². The minimum Gasteiger partial charge on any atom is -0.493 e. The van der Waals surface area contributed by atoms with Crippen LogP contribution >= 0.6 is 27.5 Å². The van der Waals surface area contributed by atoms with Crippen LogP contribution in [-0.2, 0) is 4.74 Å². The van der Waals surface area contributed by atoms with Gasteiger partial charge in [0.15, 0.2) is 11.5 Å². The first-order valence-electron chi connectivity index (χ1n) is 10.6. The van der Waals surface area contributed by atoms with Crippen LogP contribution in [-0.4, -0.2) is 20.1 Å². The highest BCUT2D eigenvalue weighted by molar-refractivity contribution is 9.10. The highest BCUT2D eigenvalue weighted by atomic mass is 79.9. The zero-order valence-electron chi connectivity index (χ0n) is 19.0. The summed E-state index contributed by atoms with van der Waals surface area (Å²) in [5.74, 6) is 0.359. The second-order valence-corrected chi connectivity index (χ2v) is 8.95. The van der Waals surface area contributed by atoms with E-state index in [1.165, 1.54) is 0 Å². The predicted molar refractivity (Wildman–Crippen MR) is 136 cm³/mol. The molecule has 1 N–H and O–H groups in total. The molecule has 0 fully saturated rings. The van der Waals surface area contributed by atoms with E-state index in [0.29, 0.717) is 26.8 Å². The summed E-state index contributed by atoms with van der Waals surface area (Å²) in [5.41, 5.74) is 3.28. The van der Waals surface area contributed by atoms with Crippen molar-refractivity contribution in [2.24, 2.45) is 5.92 Å². The van der Waals surface area contributed by atoms with E-state index in [0.717, 1.165) is 35.1 Å². The van der Waals surface area contributed by atoms with Gasteiger partial charge in [0.1, 0.15) is 11.7 Å². The number of ether oxygens (including phenoxy) is 3. The van der Waals surface area contributed by atoms with Gasteiger partial charge in [-0.1, -0.05) is 55.3 Å². The number of nitrogens with one attached hydrogen (secondary N) is 1. The first-order chi connectivity index (χ1) is 15.9. The Kier molecular flexibility index (Phi) is 8.23. The molecule has 2 atom stereocenters. The van der Waals surface area contributed by atoms with E-state index in [4.69, 9.17) is 31.2 Å². The summed E-state index contributed by atoms with van der Waals surface area (Å²) in [7, 11) is 3.14. The zero-order valence-corrected chi connectivity index (χ0v) is 21.4. The Hall–Kier alpha value is -2.75. The second-order valence-electron chi connectivity index (χ2n) is 7.69. The van der Waals surface area contributed by atoms with Crippen LogP contribution in [0, 0.1) is 22.7 Å². The fraction of sp³-hybridized carbons (Fsp3) is 0.308. The highest BCUT2D eigenvalue weighted by Crippen LogP contribution is 2.47. The van der Waals surface area contributed by atoms with Crippen molar-refractivity contribution in [2.45, 2.75) is 32.6 Å². The number of nitriles is 1.